The predicted octanol–water partition coefficient (Wildman–Crippen LogP) is 6.32. The van der Waals surface area contributed by atoms with Gasteiger partial charge in [-0.3, -0.25) is 0 Å². The lowest BCUT2D eigenvalue weighted by molar-refractivity contribution is 1.18. The lowest BCUT2D eigenvalue weighted by Crippen LogP contribution is -1.96. The van der Waals surface area contributed by atoms with Crippen LogP contribution in [0.3, 0.4) is 0 Å². The first-order valence-corrected chi connectivity index (χ1v) is 8.95. The Labute approximate surface area is 157 Å². The highest BCUT2D eigenvalue weighted by molar-refractivity contribution is 6.09. The summed E-state index contributed by atoms with van der Waals surface area (Å²) in [6.45, 7) is 0. The van der Waals surface area contributed by atoms with Crippen LogP contribution >= 0.6 is 0 Å². The molecule has 0 fully saturated rings. The Morgan fingerprint density at radius 2 is 1.15 bits per heavy atom. The highest BCUT2D eigenvalue weighted by Crippen LogP contribution is 2.35. The van der Waals surface area contributed by atoms with E-state index < -0.39 is 0 Å². The summed E-state index contributed by atoms with van der Waals surface area (Å²) in [6.07, 6.45) is 0. The maximum atomic E-state index is 9.09. The second-order valence-electron chi connectivity index (χ2n) is 6.58. The maximum absolute atomic E-state index is 9.09. The van der Waals surface area contributed by atoms with Gasteiger partial charge in [0.2, 0.25) is 0 Å². The summed E-state index contributed by atoms with van der Waals surface area (Å²) in [5, 5.41) is 11.6. The van der Waals surface area contributed by atoms with Crippen molar-refractivity contribution in [3.8, 4) is 22.9 Å². The number of fused-ring (bicyclic) bond motifs is 3. The number of aromatic nitrogens is 1. The van der Waals surface area contributed by atoms with E-state index in [1.807, 2.05) is 24.3 Å². The third-order valence-corrected chi connectivity index (χ3v) is 5.05. The van der Waals surface area contributed by atoms with E-state index in [1.54, 1.807) is 0 Å². The zero-order valence-corrected chi connectivity index (χ0v) is 14.6. The van der Waals surface area contributed by atoms with Crippen molar-refractivity contribution in [3.63, 3.8) is 0 Å². The van der Waals surface area contributed by atoms with Crippen LogP contribution in [0.1, 0.15) is 5.56 Å². The van der Waals surface area contributed by atoms with Crippen molar-refractivity contribution in [2.75, 3.05) is 0 Å². The molecule has 27 heavy (non-hydrogen) atoms. The summed E-state index contributed by atoms with van der Waals surface area (Å²) >= 11 is 0. The van der Waals surface area contributed by atoms with Crippen molar-refractivity contribution in [2.45, 2.75) is 0 Å². The van der Waals surface area contributed by atoms with Gasteiger partial charge in [-0.25, -0.2) is 0 Å². The van der Waals surface area contributed by atoms with E-state index in [9.17, 15) is 0 Å². The minimum Gasteiger partial charge on any atom is -0.309 e. The minimum atomic E-state index is 0.674. The quantitative estimate of drug-likeness (QED) is 0.368. The first-order valence-electron chi connectivity index (χ1n) is 8.95. The SMILES string of the molecule is N#Cc1ccc(-c2ccccc2-n2c3ccccc3c3ccccc32)cc1. The molecule has 0 saturated carbocycles. The second-order valence-corrected chi connectivity index (χ2v) is 6.58. The number of nitriles is 1. The van der Waals surface area contributed by atoms with Gasteiger partial charge < -0.3 is 4.57 Å². The molecule has 0 amide bonds. The van der Waals surface area contributed by atoms with Gasteiger partial charge in [0.25, 0.3) is 0 Å². The van der Waals surface area contributed by atoms with E-state index in [0.717, 1.165) is 16.8 Å². The molecular weight excluding hydrogens is 328 g/mol. The Hall–Kier alpha value is -3.83. The van der Waals surface area contributed by atoms with Gasteiger partial charge in [0.15, 0.2) is 0 Å². The first kappa shape index (κ1) is 15.4. The number of hydrogen-bond acceptors (Lipinski definition) is 1. The molecule has 126 valence electrons. The Morgan fingerprint density at radius 3 is 1.78 bits per heavy atom. The third kappa shape index (κ3) is 2.41. The topological polar surface area (TPSA) is 28.7 Å². The van der Waals surface area contributed by atoms with Gasteiger partial charge in [0.1, 0.15) is 0 Å². The average Bonchev–Trinajstić information content (AvgIpc) is 3.08. The maximum Gasteiger partial charge on any atom is 0.0991 e. The van der Waals surface area contributed by atoms with Crippen molar-refractivity contribution >= 4 is 21.8 Å². The van der Waals surface area contributed by atoms with E-state index in [0.29, 0.717) is 5.56 Å². The van der Waals surface area contributed by atoms with Crippen LogP contribution in [-0.2, 0) is 0 Å². The van der Waals surface area contributed by atoms with Gasteiger partial charge in [0.05, 0.1) is 28.4 Å². The molecule has 0 unspecified atom stereocenters. The first-order chi connectivity index (χ1) is 13.4. The fourth-order valence-corrected chi connectivity index (χ4v) is 3.82. The van der Waals surface area contributed by atoms with Crippen molar-refractivity contribution < 1.29 is 0 Å². The molecule has 1 aromatic heterocycles. The van der Waals surface area contributed by atoms with Gasteiger partial charge in [-0.1, -0.05) is 66.7 Å². The Balaban J connectivity index is 1.85. The summed E-state index contributed by atoms with van der Waals surface area (Å²) in [5.74, 6) is 0. The monoisotopic (exact) mass is 344 g/mol. The third-order valence-electron chi connectivity index (χ3n) is 5.05. The van der Waals surface area contributed by atoms with Crippen LogP contribution in [-0.4, -0.2) is 4.57 Å². The van der Waals surface area contributed by atoms with Gasteiger partial charge in [-0.05, 0) is 35.9 Å². The van der Waals surface area contributed by atoms with Crippen LogP contribution in [0.2, 0.25) is 0 Å². The van der Waals surface area contributed by atoms with Gasteiger partial charge in [-0.15, -0.1) is 0 Å². The summed E-state index contributed by atoms with van der Waals surface area (Å²) in [5.41, 5.74) is 6.45. The van der Waals surface area contributed by atoms with Gasteiger partial charge >= 0.3 is 0 Å². The summed E-state index contributed by atoms with van der Waals surface area (Å²) in [6, 6.07) is 35.5. The summed E-state index contributed by atoms with van der Waals surface area (Å²) < 4.78 is 2.33. The normalized spacial score (nSPS) is 10.9. The lowest BCUT2D eigenvalue weighted by Gasteiger charge is -2.14. The van der Waals surface area contributed by atoms with E-state index in [1.165, 1.54) is 21.8 Å². The molecule has 0 aliphatic carbocycles. The second kappa shape index (κ2) is 6.16. The number of rotatable bonds is 2. The van der Waals surface area contributed by atoms with Crippen LogP contribution in [0.25, 0.3) is 38.6 Å². The smallest absolute Gasteiger partial charge is 0.0991 e. The molecule has 0 atom stereocenters. The zero-order valence-electron chi connectivity index (χ0n) is 14.6. The molecule has 0 bridgehead atoms. The van der Waals surface area contributed by atoms with Crippen LogP contribution in [0.5, 0.6) is 0 Å². The van der Waals surface area contributed by atoms with Gasteiger partial charge in [0, 0.05) is 16.3 Å². The predicted molar refractivity (Wildman–Crippen MR) is 111 cm³/mol. The molecule has 0 aliphatic heterocycles. The fourth-order valence-electron chi connectivity index (χ4n) is 3.82. The summed E-state index contributed by atoms with van der Waals surface area (Å²) in [4.78, 5) is 0. The Kier molecular flexibility index (Phi) is 3.52. The van der Waals surface area contributed by atoms with E-state index in [4.69, 9.17) is 5.26 Å². The van der Waals surface area contributed by atoms with Crippen molar-refractivity contribution in [2.24, 2.45) is 0 Å². The molecule has 4 aromatic carbocycles. The Bertz CT molecular complexity index is 1270. The molecule has 2 nitrogen and oxygen atoms in total. The average molecular weight is 344 g/mol. The highest BCUT2D eigenvalue weighted by atomic mass is 15.0. The number of hydrogen-bond donors (Lipinski definition) is 0. The summed E-state index contributed by atoms with van der Waals surface area (Å²) in [7, 11) is 0. The zero-order chi connectivity index (χ0) is 18.2. The molecule has 0 saturated heterocycles. The Morgan fingerprint density at radius 1 is 0.593 bits per heavy atom. The van der Waals surface area contributed by atoms with Crippen molar-refractivity contribution in [1.29, 1.82) is 5.26 Å². The van der Waals surface area contributed by atoms with E-state index in [2.05, 4.69) is 83.4 Å². The molecule has 0 aliphatic rings. The molecule has 5 aromatic rings. The standard InChI is InChI=1S/C25H16N2/c26-17-18-13-15-19(16-14-18)20-7-1-4-10-23(20)27-24-11-5-2-8-21(24)22-9-3-6-12-25(22)27/h1-16H. The molecule has 0 spiro atoms. The number of nitrogens with zero attached hydrogens (tertiary/aromatic N) is 2. The molecule has 1 heterocycles. The van der Waals surface area contributed by atoms with Gasteiger partial charge in [-0.2, -0.15) is 5.26 Å². The van der Waals surface area contributed by atoms with Crippen molar-refractivity contribution in [1.82, 2.24) is 4.57 Å². The highest BCUT2D eigenvalue weighted by Gasteiger charge is 2.14. The molecule has 2 heteroatoms. The fraction of sp³-hybridized carbons (Fsp3) is 0. The van der Waals surface area contributed by atoms with Crippen LogP contribution in [0.15, 0.2) is 97.1 Å². The molecule has 0 radical (unpaired) electrons. The molecule has 5 rings (SSSR count). The van der Waals surface area contributed by atoms with Crippen LogP contribution in [0.4, 0.5) is 0 Å². The lowest BCUT2D eigenvalue weighted by atomic mass is 10.0. The van der Waals surface area contributed by atoms with E-state index in [-0.39, 0.29) is 0 Å². The minimum absolute atomic E-state index is 0.674. The van der Waals surface area contributed by atoms with Crippen LogP contribution < -0.4 is 0 Å². The molecule has 0 N–H and O–H groups in total. The molecular formula is C25H16N2. The van der Waals surface area contributed by atoms with Crippen molar-refractivity contribution in [3.05, 3.63) is 103 Å². The number of benzene rings is 4. The largest absolute Gasteiger partial charge is 0.309 e. The van der Waals surface area contributed by atoms with Crippen LogP contribution in [0, 0.1) is 11.3 Å². The van der Waals surface area contributed by atoms with E-state index >= 15 is 0 Å². The number of para-hydroxylation sites is 3.